The number of hydrogen-bond acceptors (Lipinski definition) is 4. The molecule has 0 aliphatic heterocycles. The summed E-state index contributed by atoms with van der Waals surface area (Å²) in [5, 5.41) is -0.358. The lowest BCUT2D eigenvalue weighted by Crippen LogP contribution is -2.16. The molecule has 0 saturated carbocycles. The molecular weight excluding hydrogens is 328 g/mol. The van der Waals surface area contributed by atoms with E-state index in [0.29, 0.717) is 5.56 Å². The molecule has 106 valence electrons. The summed E-state index contributed by atoms with van der Waals surface area (Å²) in [6.07, 6.45) is 1.08. The van der Waals surface area contributed by atoms with Crippen molar-refractivity contribution in [1.82, 2.24) is 9.97 Å². The first-order valence-corrected chi connectivity index (χ1v) is 7.50. The van der Waals surface area contributed by atoms with Gasteiger partial charge >= 0.3 is 0 Å². The molecule has 0 aliphatic carbocycles. The maximum absolute atomic E-state index is 13.7. The SMILES string of the molecule is Cc1ccc(F)c(S(=O)(=O)Nc2c(Cl)ncnc2Cl)c1. The number of sulfonamides is 1. The van der Waals surface area contributed by atoms with Crippen molar-refractivity contribution in [2.24, 2.45) is 0 Å². The molecule has 1 aromatic carbocycles. The Balaban J connectivity index is 2.49. The Labute approximate surface area is 124 Å². The van der Waals surface area contributed by atoms with Crippen LogP contribution in [0.2, 0.25) is 10.3 Å². The summed E-state index contributed by atoms with van der Waals surface area (Å²) in [6.45, 7) is 1.64. The van der Waals surface area contributed by atoms with Gasteiger partial charge in [-0.3, -0.25) is 4.72 Å². The van der Waals surface area contributed by atoms with Crippen molar-refractivity contribution < 1.29 is 12.8 Å². The molecule has 0 unspecified atom stereocenters. The average molecular weight is 336 g/mol. The van der Waals surface area contributed by atoms with Gasteiger partial charge in [-0.1, -0.05) is 29.3 Å². The molecule has 1 heterocycles. The summed E-state index contributed by atoms with van der Waals surface area (Å²) in [5.74, 6) is -0.882. The number of hydrogen-bond donors (Lipinski definition) is 1. The van der Waals surface area contributed by atoms with Crippen LogP contribution < -0.4 is 4.72 Å². The van der Waals surface area contributed by atoms with Crippen molar-refractivity contribution in [3.05, 3.63) is 46.2 Å². The van der Waals surface area contributed by atoms with E-state index in [1.54, 1.807) is 6.92 Å². The second-order valence-electron chi connectivity index (χ2n) is 3.87. The Kier molecular flexibility index (Phi) is 4.12. The summed E-state index contributed by atoms with van der Waals surface area (Å²) in [5.41, 5.74) is 0.394. The lowest BCUT2D eigenvalue weighted by molar-refractivity contribution is 0.570. The molecule has 0 atom stereocenters. The van der Waals surface area contributed by atoms with E-state index in [9.17, 15) is 12.8 Å². The van der Waals surface area contributed by atoms with Crippen molar-refractivity contribution in [3.63, 3.8) is 0 Å². The van der Waals surface area contributed by atoms with E-state index < -0.39 is 20.7 Å². The minimum atomic E-state index is -4.19. The van der Waals surface area contributed by atoms with Gasteiger partial charge < -0.3 is 0 Å². The number of benzene rings is 1. The predicted molar refractivity (Wildman–Crippen MR) is 74.0 cm³/mol. The molecule has 2 aromatic rings. The quantitative estimate of drug-likeness (QED) is 0.875. The molecule has 0 amide bonds. The van der Waals surface area contributed by atoms with Crippen molar-refractivity contribution in [2.75, 3.05) is 4.72 Å². The third kappa shape index (κ3) is 3.00. The van der Waals surface area contributed by atoms with Gasteiger partial charge in [-0.25, -0.2) is 22.8 Å². The maximum Gasteiger partial charge on any atom is 0.265 e. The van der Waals surface area contributed by atoms with E-state index in [4.69, 9.17) is 23.2 Å². The van der Waals surface area contributed by atoms with Gasteiger partial charge in [0.05, 0.1) is 0 Å². The van der Waals surface area contributed by atoms with Crippen molar-refractivity contribution >= 4 is 38.9 Å². The van der Waals surface area contributed by atoms with Crippen molar-refractivity contribution in [3.8, 4) is 0 Å². The summed E-state index contributed by atoms with van der Waals surface area (Å²) < 4.78 is 40.0. The largest absolute Gasteiger partial charge is 0.273 e. The lowest BCUT2D eigenvalue weighted by atomic mass is 10.2. The zero-order valence-electron chi connectivity index (χ0n) is 10.1. The minimum absolute atomic E-state index is 0.179. The average Bonchev–Trinajstić information content (AvgIpc) is 2.37. The van der Waals surface area contributed by atoms with Gasteiger partial charge in [-0.05, 0) is 24.6 Å². The molecule has 20 heavy (non-hydrogen) atoms. The highest BCUT2D eigenvalue weighted by Crippen LogP contribution is 2.29. The van der Waals surface area contributed by atoms with Crippen LogP contribution in [0.4, 0.5) is 10.1 Å². The normalized spacial score (nSPS) is 11.4. The number of nitrogens with zero attached hydrogens (tertiary/aromatic N) is 2. The Morgan fingerprint density at radius 2 is 1.80 bits per heavy atom. The molecule has 0 bridgehead atoms. The number of aryl methyl sites for hydroxylation is 1. The van der Waals surface area contributed by atoms with Gasteiger partial charge in [0.2, 0.25) is 0 Å². The first-order chi connectivity index (χ1) is 9.31. The third-order valence-corrected chi connectivity index (χ3v) is 4.31. The molecule has 0 saturated heterocycles. The zero-order chi connectivity index (χ0) is 14.9. The molecule has 1 N–H and O–H groups in total. The summed E-state index contributed by atoms with van der Waals surface area (Å²) in [6, 6.07) is 3.72. The van der Waals surface area contributed by atoms with Crippen LogP contribution in [-0.2, 0) is 10.0 Å². The zero-order valence-corrected chi connectivity index (χ0v) is 12.4. The van der Waals surface area contributed by atoms with Crippen molar-refractivity contribution in [2.45, 2.75) is 11.8 Å². The summed E-state index contributed by atoms with van der Waals surface area (Å²) in [4.78, 5) is 6.71. The predicted octanol–water partition coefficient (Wildman–Crippen LogP) is 3.03. The highest BCUT2D eigenvalue weighted by atomic mass is 35.5. The van der Waals surface area contributed by atoms with E-state index in [0.717, 1.165) is 12.4 Å². The highest BCUT2D eigenvalue weighted by molar-refractivity contribution is 7.92. The number of nitrogens with one attached hydrogen (secondary N) is 1. The number of halogens is 3. The van der Waals surface area contributed by atoms with E-state index in [-0.39, 0.29) is 16.0 Å². The molecule has 0 aliphatic rings. The fourth-order valence-corrected chi connectivity index (χ4v) is 3.19. The number of rotatable bonds is 3. The lowest BCUT2D eigenvalue weighted by Gasteiger charge is -2.11. The van der Waals surface area contributed by atoms with E-state index in [2.05, 4.69) is 14.7 Å². The van der Waals surface area contributed by atoms with E-state index in [1.165, 1.54) is 12.1 Å². The van der Waals surface area contributed by atoms with Gasteiger partial charge in [-0.2, -0.15) is 0 Å². The third-order valence-electron chi connectivity index (χ3n) is 2.37. The molecule has 0 spiro atoms. The number of anilines is 1. The van der Waals surface area contributed by atoms with Gasteiger partial charge in [0.15, 0.2) is 10.3 Å². The summed E-state index contributed by atoms with van der Waals surface area (Å²) in [7, 11) is -4.19. The second kappa shape index (κ2) is 5.51. The monoisotopic (exact) mass is 335 g/mol. The maximum atomic E-state index is 13.7. The number of aromatic nitrogens is 2. The van der Waals surface area contributed by atoms with Gasteiger partial charge in [0.1, 0.15) is 22.7 Å². The van der Waals surface area contributed by atoms with Crippen molar-refractivity contribution in [1.29, 1.82) is 0 Å². The highest BCUT2D eigenvalue weighted by Gasteiger charge is 2.22. The van der Waals surface area contributed by atoms with Crippen LogP contribution in [-0.4, -0.2) is 18.4 Å². The van der Waals surface area contributed by atoms with Crippen LogP contribution >= 0.6 is 23.2 Å². The Morgan fingerprint density at radius 1 is 1.20 bits per heavy atom. The van der Waals surface area contributed by atoms with Gasteiger partial charge in [0.25, 0.3) is 10.0 Å². The molecule has 0 radical (unpaired) electrons. The molecule has 0 fully saturated rings. The van der Waals surface area contributed by atoms with Gasteiger partial charge in [-0.15, -0.1) is 0 Å². The van der Waals surface area contributed by atoms with Crippen LogP contribution in [0.15, 0.2) is 29.4 Å². The van der Waals surface area contributed by atoms with Crippen LogP contribution in [0.25, 0.3) is 0 Å². The summed E-state index contributed by atoms with van der Waals surface area (Å²) >= 11 is 11.5. The molecule has 1 aromatic heterocycles. The molecule has 9 heteroatoms. The Morgan fingerprint density at radius 3 is 2.40 bits per heavy atom. The second-order valence-corrected chi connectivity index (χ2v) is 6.24. The van der Waals surface area contributed by atoms with Crippen LogP contribution in [0.5, 0.6) is 0 Å². The first kappa shape index (κ1) is 15.0. The topological polar surface area (TPSA) is 72.0 Å². The fourth-order valence-electron chi connectivity index (χ4n) is 1.43. The molecular formula is C11H8Cl2FN3O2S. The van der Waals surface area contributed by atoms with Crippen LogP contribution in [0.3, 0.4) is 0 Å². The van der Waals surface area contributed by atoms with E-state index >= 15 is 0 Å². The minimum Gasteiger partial charge on any atom is -0.273 e. The van der Waals surface area contributed by atoms with Crippen LogP contribution in [0.1, 0.15) is 5.56 Å². The van der Waals surface area contributed by atoms with E-state index in [1.807, 2.05) is 0 Å². The first-order valence-electron chi connectivity index (χ1n) is 5.26. The fraction of sp³-hybridized carbons (Fsp3) is 0.0909. The standard InChI is InChI=1S/C11H8Cl2FN3O2S/c1-6-2-3-7(14)8(4-6)20(18,19)17-9-10(12)15-5-16-11(9)13/h2-5,17H,1H3. The smallest absolute Gasteiger partial charge is 0.265 e. The Hall–Kier alpha value is -1.44. The molecule has 5 nitrogen and oxygen atoms in total. The van der Waals surface area contributed by atoms with Crippen LogP contribution in [0, 0.1) is 12.7 Å². The molecule has 2 rings (SSSR count). The Bertz CT molecular complexity index is 748. The van der Waals surface area contributed by atoms with Gasteiger partial charge in [0, 0.05) is 0 Å².